The fourth-order valence-corrected chi connectivity index (χ4v) is 3.66. The van der Waals surface area contributed by atoms with Gasteiger partial charge in [0.2, 0.25) is 0 Å². The smallest absolute Gasteiger partial charge is 0.276 e. The molecule has 3 aromatic rings. The highest BCUT2D eigenvalue weighted by atomic mass is 79.9. The second-order valence-electron chi connectivity index (χ2n) is 3.83. The molecule has 2 heterocycles. The number of nitrogens with zero attached hydrogens (tertiary/aromatic N) is 1. The van der Waals surface area contributed by atoms with Gasteiger partial charge in [-0.2, -0.15) is 0 Å². The molecule has 1 N–H and O–H groups in total. The van der Waals surface area contributed by atoms with Gasteiger partial charge in [0.05, 0.1) is 11.2 Å². The normalized spacial score (nSPS) is 11.1. The second kappa shape index (κ2) is 4.97. The molecular formula is C12H6Br2N2OS2. The van der Waals surface area contributed by atoms with Crippen LogP contribution in [0.15, 0.2) is 43.4 Å². The monoisotopic (exact) mass is 416 g/mol. The fraction of sp³-hybridized carbons (Fsp3) is 0. The summed E-state index contributed by atoms with van der Waals surface area (Å²) in [6, 6.07) is 7.49. The lowest BCUT2D eigenvalue weighted by Gasteiger charge is -2.09. The van der Waals surface area contributed by atoms with E-state index in [0.29, 0.717) is 9.47 Å². The van der Waals surface area contributed by atoms with Crippen molar-refractivity contribution in [3.63, 3.8) is 0 Å². The maximum atomic E-state index is 12.5. The zero-order valence-corrected chi connectivity index (χ0v) is 14.1. The molecule has 1 aromatic carbocycles. The molecule has 0 unspecified atom stereocenters. The molecule has 0 saturated carbocycles. The lowest BCUT2D eigenvalue weighted by Crippen LogP contribution is -2.19. The third-order valence-electron chi connectivity index (χ3n) is 2.66. The van der Waals surface area contributed by atoms with E-state index in [0.717, 1.165) is 20.1 Å². The number of thiophene rings is 1. The van der Waals surface area contributed by atoms with Crippen LogP contribution in [0, 0.1) is 4.77 Å². The number of hydrogen-bond donors (Lipinski definition) is 1. The average molecular weight is 418 g/mol. The molecule has 7 heteroatoms. The zero-order chi connectivity index (χ0) is 13.6. The molecule has 0 aliphatic rings. The van der Waals surface area contributed by atoms with Crippen LogP contribution in [0.3, 0.4) is 0 Å². The lowest BCUT2D eigenvalue weighted by molar-refractivity contribution is 0.937. The first-order chi connectivity index (χ1) is 9.08. The minimum atomic E-state index is -0.104. The Labute approximate surface area is 134 Å². The molecule has 2 aromatic heterocycles. The molecule has 19 heavy (non-hydrogen) atoms. The SMILES string of the molecule is O=c1c2sccc2[nH]c(=S)n1-c1cc(Br)ccc1Br. The highest BCUT2D eigenvalue weighted by molar-refractivity contribution is 9.11. The summed E-state index contributed by atoms with van der Waals surface area (Å²) < 4.78 is 4.25. The summed E-state index contributed by atoms with van der Waals surface area (Å²) in [5, 5.41) is 1.87. The van der Waals surface area contributed by atoms with E-state index in [1.54, 1.807) is 0 Å². The van der Waals surface area contributed by atoms with Crippen molar-refractivity contribution in [2.75, 3.05) is 0 Å². The highest BCUT2D eigenvalue weighted by Crippen LogP contribution is 2.25. The molecule has 0 atom stereocenters. The Hall–Kier alpha value is -0.760. The zero-order valence-electron chi connectivity index (χ0n) is 9.31. The van der Waals surface area contributed by atoms with E-state index in [1.165, 1.54) is 15.9 Å². The minimum Gasteiger partial charge on any atom is -0.331 e. The number of rotatable bonds is 1. The van der Waals surface area contributed by atoms with Crippen LogP contribution in [0.1, 0.15) is 0 Å². The summed E-state index contributed by atoms with van der Waals surface area (Å²) in [4.78, 5) is 15.6. The molecule has 0 amide bonds. The average Bonchev–Trinajstić information content (AvgIpc) is 2.82. The number of aromatic nitrogens is 2. The first-order valence-corrected chi connectivity index (χ1v) is 8.13. The van der Waals surface area contributed by atoms with Crippen molar-refractivity contribution in [2.24, 2.45) is 0 Å². The van der Waals surface area contributed by atoms with Gasteiger partial charge in [0, 0.05) is 8.95 Å². The summed E-state index contributed by atoms with van der Waals surface area (Å²) in [5.41, 5.74) is 1.39. The maximum Gasteiger partial charge on any atom is 0.276 e. The van der Waals surface area contributed by atoms with E-state index in [1.807, 2.05) is 29.6 Å². The van der Waals surface area contributed by atoms with E-state index < -0.39 is 0 Å². The van der Waals surface area contributed by atoms with Crippen LogP contribution >= 0.6 is 55.4 Å². The molecule has 96 valence electrons. The van der Waals surface area contributed by atoms with Gasteiger partial charge >= 0.3 is 0 Å². The van der Waals surface area contributed by atoms with Gasteiger partial charge in [-0.05, 0) is 57.8 Å². The molecular weight excluding hydrogens is 412 g/mol. The topological polar surface area (TPSA) is 37.8 Å². The molecule has 0 fully saturated rings. The Morgan fingerprint density at radius 1 is 1.26 bits per heavy atom. The van der Waals surface area contributed by atoms with E-state index in [2.05, 4.69) is 36.8 Å². The van der Waals surface area contributed by atoms with Crippen molar-refractivity contribution in [1.29, 1.82) is 0 Å². The first kappa shape index (κ1) is 13.2. The number of aromatic amines is 1. The van der Waals surface area contributed by atoms with Gasteiger partial charge < -0.3 is 4.98 Å². The van der Waals surface area contributed by atoms with Gasteiger partial charge in [-0.3, -0.25) is 9.36 Å². The molecule has 0 bridgehead atoms. The highest BCUT2D eigenvalue weighted by Gasteiger charge is 2.11. The van der Waals surface area contributed by atoms with Gasteiger partial charge in [0.15, 0.2) is 4.77 Å². The summed E-state index contributed by atoms with van der Waals surface area (Å²) in [7, 11) is 0. The molecule has 3 nitrogen and oxygen atoms in total. The van der Waals surface area contributed by atoms with E-state index in [-0.39, 0.29) is 5.56 Å². The van der Waals surface area contributed by atoms with E-state index >= 15 is 0 Å². The number of fused-ring (bicyclic) bond motifs is 1. The van der Waals surface area contributed by atoms with Crippen molar-refractivity contribution >= 4 is 65.6 Å². The Balaban J connectivity index is 2.46. The van der Waals surface area contributed by atoms with Gasteiger partial charge in [-0.15, -0.1) is 11.3 Å². The number of halogens is 2. The molecule has 0 aliphatic carbocycles. The Bertz CT molecular complexity index is 895. The van der Waals surface area contributed by atoms with Gasteiger partial charge in [0.25, 0.3) is 5.56 Å². The van der Waals surface area contributed by atoms with Crippen LogP contribution in [-0.4, -0.2) is 9.55 Å². The Morgan fingerprint density at radius 2 is 2.05 bits per heavy atom. The quantitative estimate of drug-likeness (QED) is 0.586. The van der Waals surface area contributed by atoms with E-state index in [9.17, 15) is 4.79 Å². The lowest BCUT2D eigenvalue weighted by atomic mass is 10.3. The predicted molar refractivity (Wildman–Crippen MR) is 88.0 cm³/mol. The van der Waals surface area contributed by atoms with Crippen molar-refractivity contribution in [3.05, 3.63) is 53.7 Å². The van der Waals surface area contributed by atoms with Crippen LogP contribution in [0.5, 0.6) is 0 Å². The summed E-state index contributed by atoms with van der Waals surface area (Å²) in [6.45, 7) is 0. The van der Waals surface area contributed by atoms with Gasteiger partial charge in [-0.25, -0.2) is 0 Å². The van der Waals surface area contributed by atoms with Crippen LogP contribution in [0.2, 0.25) is 0 Å². The van der Waals surface area contributed by atoms with Crippen molar-refractivity contribution in [2.45, 2.75) is 0 Å². The predicted octanol–water partition coefficient (Wildman–Crippen LogP) is 4.63. The van der Waals surface area contributed by atoms with Crippen LogP contribution in [0.25, 0.3) is 15.9 Å². The summed E-state index contributed by atoms with van der Waals surface area (Å²) >= 11 is 13.6. The molecule has 0 saturated heterocycles. The number of hydrogen-bond acceptors (Lipinski definition) is 3. The molecule has 3 rings (SSSR count). The standard InChI is InChI=1S/C12H6Br2N2OS2/c13-6-1-2-7(14)9(5-6)16-11(17)10-8(3-4-19-10)15-12(16)18/h1-5H,(H,15,18). The van der Waals surface area contributed by atoms with E-state index in [4.69, 9.17) is 12.2 Å². The van der Waals surface area contributed by atoms with Crippen LogP contribution in [-0.2, 0) is 0 Å². The fourth-order valence-electron chi connectivity index (χ4n) is 1.81. The molecule has 0 spiro atoms. The first-order valence-electron chi connectivity index (χ1n) is 5.26. The minimum absolute atomic E-state index is 0.104. The van der Waals surface area contributed by atoms with Gasteiger partial charge in [0.1, 0.15) is 4.70 Å². The second-order valence-corrected chi connectivity index (χ2v) is 6.90. The van der Waals surface area contributed by atoms with Crippen LogP contribution in [0.4, 0.5) is 0 Å². The maximum absolute atomic E-state index is 12.5. The number of H-pyrrole nitrogens is 1. The largest absolute Gasteiger partial charge is 0.331 e. The number of benzene rings is 1. The summed E-state index contributed by atoms with van der Waals surface area (Å²) in [5.74, 6) is 0. The molecule has 0 aliphatic heterocycles. The summed E-state index contributed by atoms with van der Waals surface area (Å²) in [6.07, 6.45) is 0. The Kier molecular flexibility index (Phi) is 3.46. The molecule has 0 radical (unpaired) electrons. The van der Waals surface area contributed by atoms with Crippen molar-refractivity contribution in [3.8, 4) is 5.69 Å². The van der Waals surface area contributed by atoms with Crippen molar-refractivity contribution < 1.29 is 0 Å². The van der Waals surface area contributed by atoms with Gasteiger partial charge in [-0.1, -0.05) is 15.9 Å². The third kappa shape index (κ3) is 2.24. The van der Waals surface area contributed by atoms with Crippen LogP contribution < -0.4 is 5.56 Å². The Morgan fingerprint density at radius 3 is 2.84 bits per heavy atom. The van der Waals surface area contributed by atoms with Crippen molar-refractivity contribution in [1.82, 2.24) is 9.55 Å². The number of nitrogens with one attached hydrogen (secondary N) is 1. The third-order valence-corrected chi connectivity index (χ3v) is 5.01.